The Kier molecular flexibility index (Phi) is 7.21. The van der Waals surface area contributed by atoms with Crippen LogP contribution in [0.15, 0.2) is 18.2 Å². The van der Waals surface area contributed by atoms with Crippen LogP contribution in [0.4, 0.5) is 4.79 Å². The largest absolute Gasteiger partial charge is 0.456 e. The Bertz CT molecular complexity index is 806. The fourth-order valence-corrected chi connectivity index (χ4v) is 2.50. The van der Waals surface area contributed by atoms with Gasteiger partial charge in [0.2, 0.25) is 0 Å². The molecule has 2 rings (SSSR count). The molecule has 0 bridgehead atoms. The molecule has 28 heavy (non-hydrogen) atoms. The zero-order valence-corrected chi connectivity index (χ0v) is 15.6. The monoisotopic (exact) mass is 391 g/mol. The number of amides is 5. The van der Waals surface area contributed by atoms with Gasteiger partial charge in [-0.3, -0.25) is 29.4 Å². The van der Waals surface area contributed by atoms with E-state index in [1.54, 1.807) is 25.1 Å². The molecular weight excluding hydrogens is 370 g/mol. The Labute approximate surface area is 161 Å². The van der Waals surface area contributed by atoms with Gasteiger partial charge in [-0.2, -0.15) is 0 Å². The van der Waals surface area contributed by atoms with Crippen LogP contribution >= 0.6 is 0 Å². The minimum Gasteiger partial charge on any atom is -0.456 e. The summed E-state index contributed by atoms with van der Waals surface area (Å²) in [5.74, 6) is -2.53. The van der Waals surface area contributed by atoms with Crippen molar-refractivity contribution in [2.45, 2.75) is 13.3 Å². The number of benzene rings is 1. The summed E-state index contributed by atoms with van der Waals surface area (Å²) in [6.45, 7) is 1.49. The molecule has 0 unspecified atom stereocenters. The summed E-state index contributed by atoms with van der Waals surface area (Å²) < 4.78 is 9.49. The van der Waals surface area contributed by atoms with Crippen LogP contribution in [-0.2, 0) is 19.1 Å². The molecular formula is C18H21N3O7. The topological polar surface area (TPSA) is 131 Å². The van der Waals surface area contributed by atoms with Crippen LogP contribution in [0.25, 0.3) is 0 Å². The first-order chi connectivity index (χ1) is 13.3. The summed E-state index contributed by atoms with van der Waals surface area (Å²) in [6, 6.07) is 4.19. The van der Waals surface area contributed by atoms with Gasteiger partial charge in [-0.25, -0.2) is 4.79 Å². The fourth-order valence-electron chi connectivity index (χ4n) is 2.50. The molecule has 0 saturated carbocycles. The van der Waals surface area contributed by atoms with Crippen LogP contribution in [0, 0.1) is 6.92 Å². The smallest absolute Gasteiger partial charge is 0.321 e. The molecule has 1 aromatic carbocycles. The van der Waals surface area contributed by atoms with Crippen LogP contribution in [0.5, 0.6) is 0 Å². The van der Waals surface area contributed by atoms with Crippen LogP contribution in [0.3, 0.4) is 0 Å². The van der Waals surface area contributed by atoms with Crippen LogP contribution < -0.4 is 10.6 Å². The quantitative estimate of drug-likeness (QED) is 0.362. The Balaban J connectivity index is 1.74. The molecule has 1 aromatic rings. The molecule has 0 aromatic heterocycles. The van der Waals surface area contributed by atoms with E-state index in [1.807, 2.05) is 5.32 Å². The van der Waals surface area contributed by atoms with Crippen molar-refractivity contribution in [3.63, 3.8) is 0 Å². The molecule has 1 aliphatic heterocycles. The van der Waals surface area contributed by atoms with Crippen LogP contribution in [0.2, 0.25) is 0 Å². The fraction of sp³-hybridized carbons (Fsp3) is 0.389. The molecule has 0 atom stereocenters. The van der Waals surface area contributed by atoms with Gasteiger partial charge in [-0.15, -0.1) is 0 Å². The lowest BCUT2D eigenvalue weighted by molar-refractivity contribution is -0.148. The zero-order chi connectivity index (χ0) is 20.7. The highest BCUT2D eigenvalue weighted by Crippen LogP contribution is 2.23. The number of nitrogens with one attached hydrogen (secondary N) is 2. The number of urea groups is 1. The van der Waals surface area contributed by atoms with Gasteiger partial charge >= 0.3 is 12.0 Å². The van der Waals surface area contributed by atoms with Crippen molar-refractivity contribution in [2.75, 3.05) is 33.4 Å². The van der Waals surface area contributed by atoms with Crippen molar-refractivity contribution in [3.05, 3.63) is 34.9 Å². The Morgan fingerprint density at radius 2 is 1.82 bits per heavy atom. The molecule has 0 aliphatic carbocycles. The highest BCUT2D eigenvalue weighted by Gasteiger charge is 2.35. The summed E-state index contributed by atoms with van der Waals surface area (Å²) in [5.41, 5.74) is 1.44. The van der Waals surface area contributed by atoms with E-state index in [4.69, 9.17) is 9.47 Å². The minimum absolute atomic E-state index is 0.163. The van der Waals surface area contributed by atoms with E-state index >= 15 is 0 Å². The van der Waals surface area contributed by atoms with Crippen molar-refractivity contribution in [3.8, 4) is 0 Å². The molecule has 10 nitrogen and oxygen atoms in total. The number of hydrogen-bond acceptors (Lipinski definition) is 7. The number of esters is 1. The predicted octanol–water partition coefficient (Wildman–Crippen LogP) is -0.00348. The maximum atomic E-state index is 12.3. The summed E-state index contributed by atoms with van der Waals surface area (Å²) in [6.07, 6.45) is -0.266. The van der Waals surface area contributed by atoms with E-state index in [0.717, 1.165) is 10.5 Å². The molecule has 0 radical (unpaired) electrons. The van der Waals surface area contributed by atoms with Gasteiger partial charge in [0.25, 0.3) is 17.7 Å². The number of ether oxygens (including phenoxy) is 2. The van der Waals surface area contributed by atoms with Crippen LogP contribution in [-0.4, -0.2) is 68.0 Å². The lowest BCUT2D eigenvalue weighted by atomic mass is 10.1. The number of fused-ring (bicyclic) bond motifs is 1. The van der Waals surface area contributed by atoms with Crippen molar-refractivity contribution < 1.29 is 33.4 Å². The summed E-state index contributed by atoms with van der Waals surface area (Å²) in [4.78, 5) is 60.2. The second-order valence-corrected chi connectivity index (χ2v) is 6.02. The molecule has 10 heteroatoms. The molecule has 1 aliphatic rings. The molecule has 0 saturated heterocycles. The van der Waals surface area contributed by atoms with Gasteiger partial charge in [0.15, 0.2) is 6.61 Å². The first-order valence-electron chi connectivity index (χ1n) is 8.52. The Morgan fingerprint density at radius 1 is 1.11 bits per heavy atom. The molecule has 0 fully saturated rings. The highest BCUT2D eigenvalue weighted by atomic mass is 16.5. The number of hydrogen-bond donors (Lipinski definition) is 2. The van der Waals surface area contributed by atoms with E-state index in [1.165, 1.54) is 7.11 Å². The summed E-state index contributed by atoms with van der Waals surface area (Å²) in [5, 5.41) is 4.35. The number of methoxy groups -OCH3 is 1. The average Bonchev–Trinajstić information content (AvgIpc) is 2.88. The molecule has 2 N–H and O–H groups in total. The normalized spacial score (nSPS) is 12.6. The Hall–Kier alpha value is -3.27. The lowest BCUT2D eigenvalue weighted by Gasteiger charge is -2.13. The summed E-state index contributed by atoms with van der Waals surface area (Å²) in [7, 11) is 1.47. The van der Waals surface area contributed by atoms with Gasteiger partial charge in [-0.05, 0) is 19.1 Å². The number of aryl methyl sites for hydroxylation is 1. The number of carbonyl (C=O) groups is 5. The third kappa shape index (κ3) is 5.36. The second kappa shape index (κ2) is 9.60. The third-order valence-electron chi connectivity index (χ3n) is 3.87. The zero-order valence-electron chi connectivity index (χ0n) is 15.6. The van der Waals surface area contributed by atoms with Crippen LogP contribution in [0.1, 0.15) is 32.7 Å². The lowest BCUT2D eigenvalue weighted by Crippen LogP contribution is -2.42. The minimum atomic E-state index is -0.806. The van der Waals surface area contributed by atoms with Crippen molar-refractivity contribution in [1.29, 1.82) is 0 Å². The van der Waals surface area contributed by atoms with Crippen molar-refractivity contribution in [1.82, 2.24) is 15.5 Å². The van der Waals surface area contributed by atoms with Gasteiger partial charge in [0.05, 0.1) is 24.2 Å². The van der Waals surface area contributed by atoms with Gasteiger partial charge in [-0.1, -0.05) is 11.6 Å². The van der Waals surface area contributed by atoms with Gasteiger partial charge < -0.3 is 14.8 Å². The maximum absolute atomic E-state index is 12.3. The van der Waals surface area contributed by atoms with Gasteiger partial charge in [0.1, 0.15) is 0 Å². The first-order valence-corrected chi connectivity index (χ1v) is 8.52. The van der Waals surface area contributed by atoms with E-state index in [9.17, 15) is 24.0 Å². The SMILES string of the molecule is COCCNC(=O)NC(=O)COC(=O)CCN1C(=O)c2ccc(C)cc2C1=O. The highest BCUT2D eigenvalue weighted by molar-refractivity contribution is 6.21. The van der Waals surface area contributed by atoms with E-state index < -0.39 is 36.3 Å². The second-order valence-electron chi connectivity index (χ2n) is 6.02. The number of carbonyl (C=O) groups excluding carboxylic acids is 5. The van der Waals surface area contributed by atoms with Gasteiger partial charge in [0, 0.05) is 20.2 Å². The molecule has 0 spiro atoms. The average molecular weight is 391 g/mol. The van der Waals surface area contributed by atoms with Crippen molar-refractivity contribution in [2.24, 2.45) is 0 Å². The third-order valence-corrected chi connectivity index (χ3v) is 3.87. The van der Waals surface area contributed by atoms with Crippen molar-refractivity contribution >= 4 is 29.7 Å². The molecule has 150 valence electrons. The first kappa shape index (κ1) is 21.0. The Morgan fingerprint density at radius 3 is 2.54 bits per heavy atom. The predicted molar refractivity (Wildman–Crippen MR) is 95.5 cm³/mol. The maximum Gasteiger partial charge on any atom is 0.321 e. The molecule has 1 heterocycles. The van der Waals surface area contributed by atoms with E-state index in [0.29, 0.717) is 11.1 Å². The number of rotatable bonds is 8. The summed E-state index contributed by atoms with van der Waals surface area (Å²) >= 11 is 0. The standard InChI is InChI=1S/C18H21N3O7/c1-11-3-4-12-13(9-11)17(25)21(16(12)24)7-5-15(23)28-10-14(22)20-18(26)19-6-8-27-2/h3-4,9H,5-8,10H2,1-2H3,(H2,19,20,22,26). The van der Waals surface area contributed by atoms with E-state index in [2.05, 4.69) is 5.32 Å². The number of imide groups is 2. The van der Waals surface area contributed by atoms with E-state index in [-0.39, 0.29) is 26.1 Å². The number of nitrogens with zero attached hydrogens (tertiary/aromatic N) is 1. The molecule has 5 amide bonds.